The van der Waals surface area contributed by atoms with Crippen LogP contribution < -0.4 is 0 Å². The second-order valence-corrected chi connectivity index (χ2v) is 5.02. The lowest BCUT2D eigenvalue weighted by atomic mass is 9.87. The number of aryl methyl sites for hydroxylation is 1. The number of nitriles is 1. The summed E-state index contributed by atoms with van der Waals surface area (Å²) in [5.74, 6) is 0.121. The van der Waals surface area contributed by atoms with E-state index in [1.165, 1.54) is 18.4 Å². The molecule has 1 fully saturated rings. The first-order valence-corrected chi connectivity index (χ1v) is 6.95. The summed E-state index contributed by atoms with van der Waals surface area (Å²) in [7, 11) is 0. The molecule has 0 radical (unpaired) electrons. The van der Waals surface area contributed by atoms with Gasteiger partial charge in [0.2, 0.25) is 0 Å². The van der Waals surface area contributed by atoms with Gasteiger partial charge in [0.1, 0.15) is 0 Å². The number of benzene rings is 1. The second-order valence-electron chi connectivity index (χ2n) is 5.02. The summed E-state index contributed by atoms with van der Waals surface area (Å²) in [4.78, 5) is 0. The fraction of sp³-hybridized carbons (Fsp3) is 0.562. The van der Waals surface area contributed by atoms with E-state index in [-0.39, 0.29) is 12.0 Å². The molecule has 0 heterocycles. The zero-order chi connectivity index (χ0) is 12.6. The standard InChI is InChI=1S/C16H21NO/c17-13-15-10-4-5-11-16(15)18-12-6-9-14-7-2-1-3-8-14/h1-3,7-8,15-16H,4-6,9-12H2. The van der Waals surface area contributed by atoms with Crippen LogP contribution in [-0.4, -0.2) is 12.7 Å². The lowest BCUT2D eigenvalue weighted by Gasteiger charge is -2.26. The Bertz CT molecular complexity index is 382. The molecule has 96 valence electrons. The van der Waals surface area contributed by atoms with Gasteiger partial charge in [0, 0.05) is 6.61 Å². The Morgan fingerprint density at radius 1 is 1.17 bits per heavy atom. The van der Waals surface area contributed by atoms with Gasteiger partial charge >= 0.3 is 0 Å². The van der Waals surface area contributed by atoms with Crippen LogP contribution in [0.3, 0.4) is 0 Å². The van der Waals surface area contributed by atoms with Crippen LogP contribution in [0, 0.1) is 17.2 Å². The van der Waals surface area contributed by atoms with Crippen LogP contribution in [0.25, 0.3) is 0 Å². The number of ether oxygens (including phenoxy) is 1. The quantitative estimate of drug-likeness (QED) is 0.738. The topological polar surface area (TPSA) is 33.0 Å². The molecule has 0 aliphatic heterocycles. The minimum Gasteiger partial charge on any atom is -0.377 e. The predicted molar refractivity (Wildman–Crippen MR) is 72.1 cm³/mol. The van der Waals surface area contributed by atoms with Gasteiger partial charge < -0.3 is 4.74 Å². The van der Waals surface area contributed by atoms with Crippen LogP contribution in [0.15, 0.2) is 30.3 Å². The SMILES string of the molecule is N#CC1CCCCC1OCCCc1ccccc1. The van der Waals surface area contributed by atoms with Crippen LogP contribution >= 0.6 is 0 Å². The van der Waals surface area contributed by atoms with Gasteiger partial charge in [0.05, 0.1) is 18.1 Å². The van der Waals surface area contributed by atoms with Crippen LogP contribution in [0.2, 0.25) is 0 Å². The predicted octanol–water partition coefficient (Wildman–Crippen LogP) is 3.72. The zero-order valence-electron chi connectivity index (χ0n) is 10.8. The molecule has 1 aliphatic carbocycles. The number of hydrogen-bond acceptors (Lipinski definition) is 2. The highest BCUT2D eigenvalue weighted by Gasteiger charge is 2.25. The van der Waals surface area contributed by atoms with Crippen molar-refractivity contribution < 1.29 is 4.74 Å². The molecule has 0 spiro atoms. The van der Waals surface area contributed by atoms with Crippen molar-refractivity contribution in [2.24, 2.45) is 5.92 Å². The van der Waals surface area contributed by atoms with Crippen LogP contribution in [0.4, 0.5) is 0 Å². The van der Waals surface area contributed by atoms with Gasteiger partial charge in [-0.15, -0.1) is 0 Å². The maximum absolute atomic E-state index is 9.07. The van der Waals surface area contributed by atoms with Crippen molar-refractivity contribution in [3.63, 3.8) is 0 Å². The van der Waals surface area contributed by atoms with E-state index in [0.717, 1.165) is 32.3 Å². The van der Waals surface area contributed by atoms with Crippen molar-refractivity contribution >= 4 is 0 Å². The highest BCUT2D eigenvalue weighted by molar-refractivity contribution is 5.14. The molecule has 0 saturated heterocycles. The van der Waals surface area contributed by atoms with Crippen molar-refractivity contribution in [1.29, 1.82) is 5.26 Å². The molecular formula is C16H21NO. The normalized spacial score (nSPS) is 23.5. The van der Waals surface area contributed by atoms with Gasteiger partial charge in [0.25, 0.3) is 0 Å². The molecule has 18 heavy (non-hydrogen) atoms. The first kappa shape index (κ1) is 13.1. The number of rotatable bonds is 5. The molecule has 0 N–H and O–H groups in total. The fourth-order valence-corrected chi connectivity index (χ4v) is 2.60. The summed E-state index contributed by atoms with van der Waals surface area (Å²) in [6.45, 7) is 0.776. The second kappa shape index (κ2) is 7.18. The Morgan fingerprint density at radius 3 is 2.72 bits per heavy atom. The maximum atomic E-state index is 9.07. The lowest BCUT2D eigenvalue weighted by Crippen LogP contribution is -2.27. The first-order chi connectivity index (χ1) is 8.90. The molecule has 2 atom stereocenters. The molecule has 1 saturated carbocycles. The summed E-state index contributed by atoms with van der Waals surface area (Å²) < 4.78 is 5.89. The molecule has 1 aromatic carbocycles. The van der Waals surface area contributed by atoms with Gasteiger partial charge in [-0.2, -0.15) is 5.26 Å². The smallest absolute Gasteiger partial charge is 0.0733 e. The fourth-order valence-electron chi connectivity index (χ4n) is 2.60. The summed E-state index contributed by atoms with van der Waals surface area (Å²) in [6.07, 6.45) is 6.75. The lowest BCUT2D eigenvalue weighted by molar-refractivity contribution is 0.00504. The molecule has 2 nitrogen and oxygen atoms in total. The third-order valence-corrected chi connectivity index (χ3v) is 3.65. The Hall–Kier alpha value is -1.33. The Kier molecular flexibility index (Phi) is 5.23. The van der Waals surface area contributed by atoms with E-state index in [1.54, 1.807) is 0 Å². The molecule has 1 aromatic rings. The number of nitrogens with zero attached hydrogens (tertiary/aromatic N) is 1. The monoisotopic (exact) mass is 243 g/mol. The highest BCUT2D eigenvalue weighted by Crippen LogP contribution is 2.26. The summed E-state index contributed by atoms with van der Waals surface area (Å²) in [5, 5.41) is 9.07. The largest absolute Gasteiger partial charge is 0.377 e. The Morgan fingerprint density at radius 2 is 1.94 bits per heavy atom. The molecule has 0 aromatic heterocycles. The third-order valence-electron chi connectivity index (χ3n) is 3.65. The van der Waals surface area contributed by atoms with Crippen LogP contribution in [-0.2, 0) is 11.2 Å². The Balaban J connectivity index is 1.67. The summed E-state index contributed by atoms with van der Waals surface area (Å²) in [6, 6.07) is 12.9. The van der Waals surface area contributed by atoms with Gasteiger partial charge in [-0.25, -0.2) is 0 Å². The van der Waals surface area contributed by atoms with Gasteiger partial charge in [-0.1, -0.05) is 43.2 Å². The van der Waals surface area contributed by atoms with Gasteiger partial charge in [0.15, 0.2) is 0 Å². The van der Waals surface area contributed by atoms with E-state index in [1.807, 2.05) is 6.07 Å². The van der Waals surface area contributed by atoms with Crippen LogP contribution in [0.5, 0.6) is 0 Å². The van der Waals surface area contributed by atoms with E-state index in [0.29, 0.717) is 0 Å². The van der Waals surface area contributed by atoms with Crippen LogP contribution in [0.1, 0.15) is 37.7 Å². The van der Waals surface area contributed by atoms with E-state index >= 15 is 0 Å². The van der Waals surface area contributed by atoms with E-state index in [4.69, 9.17) is 10.00 Å². The molecular weight excluding hydrogens is 222 g/mol. The van der Waals surface area contributed by atoms with E-state index in [2.05, 4.69) is 30.3 Å². The molecule has 2 rings (SSSR count). The van der Waals surface area contributed by atoms with E-state index < -0.39 is 0 Å². The minimum atomic E-state index is 0.121. The van der Waals surface area contributed by atoms with Gasteiger partial charge in [-0.05, 0) is 31.2 Å². The first-order valence-electron chi connectivity index (χ1n) is 6.95. The average molecular weight is 243 g/mol. The zero-order valence-corrected chi connectivity index (χ0v) is 10.8. The maximum Gasteiger partial charge on any atom is 0.0733 e. The van der Waals surface area contributed by atoms with Crippen molar-refractivity contribution in [1.82, 2.24) is 0 Å². The van der Waals surface area contributed by atoms with Crippen molar-refractivity contribution in [2.75, 3.05) is 6.61 Å². The van der Waals surface area contributed by atoms with Crippen molar-refractivity contribution in [3.8, 4) is 6.07 Å². The average Bonchev–Trinajstić information content (AvgIpc) is 2.45. The third kappa shape index (κ3) is 3.85. The Labute approximate surface area is 110 Å². The molecule has 0 amide bonds. The number of hydrogen-bond donors (Lipinski definition) is 0. The molecule has 2 heteroatoms. The van der Waals surface area contributed by atoms with Gasteiger partial charge in [-0.3, -0.25) is 0 Å². The van der Waals surface area contributed by atoms with Crippen molar-refractivity contribution in [3.05, 3.63) is 35.9 Å². The molecule has 2 unspecified atom stereocenters. The van der Waals surface area contributed by atoms with Crippen molar-refractivity contribution in [2.45, 2.75) is 44.6 Å². The molecule has 1 aliphatic rings. The summed E-state index contributed by atoms with van der Waals surface area (Å²) >= 11 is 0. The van der Waals surface area contributed by atoms with E-state index in [9.17, 15) is 0 Å². The minimum absolute atomic E-state index is 0.121. The highest BCUT2D eigenvalue weighted by atomic mass is 16.5. The molecule has 0 bridgehead atoms. The summed E-state index contributed by atoms with van der Waals surface area (Å²) in [5.41, 5.74) is 1.36.